The van der Waals surface area contributed by atoms with Crippen LogP contribution in [0.1, 0.15) is 44.9 Å². The number of aryl methyl sites for hydroxylation is 1. The molecule has 1 amide bonds. The van der Waals surface area contributed by atoms with Crippen molar-refractivity contribution in [2.45, 2.75) is 40.7 Å². The lowest BCUT2D eigenvalue weighted by Gasteiger charge is -2.20. The second kappa shape index (κ2) is 10.6. The molecule has 0 aliphatic rings. The number of rotatable bonds is 5. The van der Waals surface area contributed by atoms with Crippen LogP contribution in [-0.4, -0.2) is 32.0 Å². The van der Waals surface area contributed by atoms with Crippen molar-refractivity contribution in [1.82, 2.24) is 16.0 Å². The van der Waals surface area contributed by atoms with E-state index in [0.29, 0.717) is 24.6 Å². The first-order valence-corrected chi connectivity index (χ1v) is 8.16. The maximum Gasteiger partial charge on any atom is 0.225 e. The van der Waals surface area contributed by atoms with Crippen molar-refractivity contribution in [1.29, 1.82) is 0 Å². The molecule has 3 N–H and O–H groups in total. The summed E-state index contributed by atoms with van der Waals surface area (Å²) < 4.78 is 13.7. The second-order valence-corrected chi connectivity index (χ2v) is 6.88. The predicted molar refractivity (Wildman–Crippen MR) is 112 cm³/mol. The summed E-state index contributed by atoms with van der Waals surface area (Å²) in [5, 5.41) is 9.21. The topological polar surface area (TPSA) is 65.5 Å². The maximum atomic E-state index is 13.7. The van der Waals surface area contributed by atoms with E-state index in [1.54, 1.807) is 20.0 Å². The minimum absolute atomic E-state index is 0. The van der Waals surface area contributed by atoms with Crippen LogP contribution < -0.4 is 16.0 Å². The highest BCUT2D eigenvalue weighted by Crippen LogP contribution is 2.16. The number of guanidine groups is 1. The van der Waals surface area contributed by atoms with E-state index >= 15 is 0 Å². The van der Waals surface area contributed by atoms with E-state index in [9.17, 15) is 9.18 Å². The van der Waals surface area contributed by atoms with Crippen LogP contribution in [0.25, 0.3) is 0 Å². The van der Waals surface area contributed by atoms with Gasteiger partial charge in [0.15, 0.2) is 5.96 Å². The van der Waals surface area contributed by atoms with Gasteiger partial charge in [-0.3, -0.25) is 9.79 Å². The average Bonchev–Trinajstić information content (AvgIpc) is 2.51. The highest BCUT2D eigenvalue weighted by atomic mass is 127. The third-order valence-electron chi connectivity index (χ3n) is 3.66. The lowest BCUT2D eigenvalue weighted by atomic mass is 9.96. The summed E-state index contributed by atoms with van der Waals surface area (Å²) >= 11 is 0. The molecule has 25 heavy (non-hydrogen) atoms. The molecule has 7 heteroatoms. The normalized spacial score (nSPS) is 12.8. The van der Waals surface area contributed by atoms with Gasteiger partial charge in [-0.15, -0.1) is 24.0 Å². The molecule has 0 aliphatic carbocycles. The van der Waals surface area contributed by atoms with Crippen molar-refractivity contribution in [3.05, 3.63) is 35.1 Å². The fourth-order valence-electron chi connectivity index (χ4n) is 1.98. The molecule has 0 spiro atoms. The predicted octanol–water partition coefficient (Wildman–Crippen LogP) is 3.14. The molecular formula is C18H30FIN4O. The summed E-state index contributed by atoms with van der Waals surface area (Å²) in [5.41, 5.74) is 1.08. The maximum absolute atomic E-state index is 13.7. The Bertz CT molecular complexity index is 599. The van der Waals surface area contributed by atoms with E-state index in [1.807, 2.05) is 33.8 Å². The molecule has 1 atom stereocenters. The van der Waals surface area contributed by atoms with Crippen molar-refractivity contribution in [3.8, 4) is 0 Å². The average molecular weight is 464 g/mol. The van der Waals surface area contributed by atoms with Crippen LogP contribution >= 0.6 is 24.0 Å². The van der Waals surface area contributed by atoms with Crippen molar-refractivity contribution >= 4 is 35.8 Å². The minimum Gasteiger partial charge on any atom is -0.355 e. The van der Waals surface area contributed by atoms with E-state index in [-0.39, 0.29) is 41.7 Å². The van der Waals surface area contributed by atoms with Crippen LogP contribution in [0.3, 0.4) is 0 Å². The van der Waals surface area contributed by atoms with Gasteiger partial charge in [0.05, 0.1) is 6.04 Å². The lowest BCUT2D eigenvalue weighted by molar-refractivity contribution is -0.128. The van der Waals surface area contributed by atoms with Crippen LogP contribution in [-0.2, 0) is 4.79 Å². The standard InChI is InChI=1S/C18H29FN4O.HI/c1-12-7-8-14(11-15(12)19)13(2)23-17(20-6)22-10-9-21-16(24)18(3,4)5;/h7-8,11,13H,9-10H2,1-6H3,(H,21,24)(H2,20,22,23);1H. The van der Waals surface area contributed by atoms with Crippen molar-refractivity contribution < 1.29 is 9.18 Å². The van der Waals surface area contributed by atoms with Gasteiger partial charge >= 0.3 is 0 Å². The number of carbonyl (C=O) groups excluding carboxylic acids is 1. The van der Waals surface area contributed by atoms with Gasteiger partial charge < -0.3 is 16.0 Å². The van der Waals surface area contributed by atoms with Gasteiger partial charge in [-0.25, -0.2) is 4.39 Å². The molecule has 0 heterocycles. The zero-order valence-corrected chi connectivity index (χ0v) is 18.2. The van der Waals surface area contributed by atoms with Crippen LogP contribution in [0, 0.1) is 18.2 Å². The molecule has 1 unspecified atom stereocenters. The Morgan fingerprint density at radius 1 is 1.24 bits per heavy atom. The van der Waals surface area contributed by atoms with Gasteiger partial charge in [-0.2, -0.15) is 0 Å². The first-order valence-electron chi connectivity index (χ1n) is 8.16. The molecule has 0 saturated heterocycles. The summed E-state index contributed by atoms with van der Waals surface area (Å²) in [6, 6.07) is 5.10. The number of benzene rings is 1. The second-order valence-electron chi connectivity index (χ2n) is 6.88. The third-order valence-corrected chi connectivity index (χ3v) is 3.66. The van der Waals surface area contributed by atoms with Crippen molar-refractivity contribution in [3.63, 3.8) is 0 Å². The van der Waals surface area contributed by atoms with Crippen LogP contribution in [0.15, 0.2) is 23.2 Å². The monoisotopic (exact) mass is 464 g/mol. The number of carbonyl (C=O) groups is 1. The summed E-state index contributed by atoms with van der Waals surface area (Å²) in [4.78, 5) is 15.9. The summed E-state index contributed by atoms with van der Waals surface area (Å²) in [7, 11) is 1.67. The molecule has 1 aromatic carbocycles. The lowest BCUT2D eigenvalue weighted by Crippen LogP contribution is -2.44. The van der Waals surface area contributed by atoms with Gasteiger partial charge in [-0.1, -0.05) is 32.9 Å². The largest absolute Gasteiger partial charge is 0.355 e. The Balaban J connectivity index is 0.00000576. The quantitative estimate of drug-likeness (QED) is 0.272. The van der Waals surface area contributed by atoms with E-state index in [2.05, 4.69) is 20.9 Å². The molecule has 0 fully saturated rings. The number of aliphatic imine (C=N–C) groups is 1. The minimum atomic E-state index is -0.399. The molecular weight excluding hydrogens is 434 g/mol. The molecule has 0 saturated carbocycles. The smallest absolute Gasteiger partial charge is 0.225 e. The zero-order chi connectivity index (χ0) is 18.3. The summed E-state index contributed by atoms with van der Waals surface area (Å²) in [6.07, 6.45) is 0. The fraction of sp³-hybridized carbons (Fsp3) is 0.556. The van der Waals surface area contributed by atoms with Crippen LogP contribution in [0.5, 0.6) is 0 Å². The van der Waals surface area contributed by atoms with Gasteiger partial charge in [0.1, 0.15) is 5.82 Å². The molecule has 0 aromatic heterocycles. The summed E-state index contributed by atoms with van der Waals surface area (Å²) in [5.74, 6) is 0.401. The highest BCUT2D eigenvalue weighted by Gasteiger charge is 2.20. The van der Waals surface area contributed by atoms with Gasteiger partial charge in [-0.05, 0) is 31.0 Å². The summed E-state index contributed by atoms with van der Waals surface area (Å²) in [6.45, 7) is 10.4. The highest BCUT2D eigenvalue weighted by molar-refractivity contribution is 14.0. The van der Waals surface area contributed by atoms with Gasteiger partial charge in [0.2, 0.25) is 5.91 Å². The number of nitrogens with one attached hydrogen (secondary N) is 3. The third kappa shape index (κ3) is 8.02. The molecule has 1 rings (SSSR count). The number of amides is 1. The van der Waals surface area contributed by atoms with Crippen LogP contribution in [0.2, 0.25) is 0 Å². The molecule has 142 valence electrons. The number of hydrogen-bond donors (Lipinski definition) is 3. The van der Waals surface area contributed by atoms with E-state index < -0.39 is 5.41 Å². The Morgan fingerprint density at radius 3 is 2.36 bits per heavy atom. The first-order chi connectivity index (χ1) is 11.1. The Morgan fingerprint density at radius 2 is 1.84 bits per heavy atom. The van der Waals surface area contributed by atoms with Crippen molar-refractivity contribution in [2.75, 3.05) is 20.1 Å². The van der Waals surface area contributed by atoms with Gasteiger partial charge in [0, 0.05) is 25.6 Å². The number of hydrogen-bond acceptors (Lipinski definition) is 2. The van der Waals surface area contributed by atoms with E-state index in [1.165, 1.54) is 6.07 Å². The van der Waals surface area contributed by atoms with E-state index in [0.717, 1.165) is 5.56 Å². The first kappa shape index (κ1) is 23.6. The Hall–Kier alpha value is -1.38. The van der Waals surface area contributed by atoms with Crippen LogP contribution in [0.4, 0.5) is 4.39 Å². The number of halogens is 2. The molecule has 0 bridgehead atoms. The SMILES string of the molecule is CN=C(NCCNC(=O)C(C)(C)C)NC(C)c1ccc(C)c(F)c1.I. The molecule has 5 nitrogen and oxygen atoms in total. The van der Waals surface area contributed by atoms with Gasteiger partial charge in [0.25, 0.3) is 0 Å². The molecule has 0 aliphatic heterocycles. The van der Waals surface area contributed by atoms with E-state index in [4.69, 9.17) is 0 Å². The zero-order valence-electron chi connectivity index (χ0n) is 15.9. The Labute approximate surface area is 167 Å². The molecule has 1 aromatic rings. The van der Waals surface area contributed by atoms with Crippen molar-refractivity contribution in [2.24, 2.45) is 10.4 Å². The fourth-order valence-corrected chi connectivity index (χ4v) is 1.98. The number of nitrogens with zero attached hydrogens (tertiary/aromatic N) is 1. The Kier molecular flexibility index (Phi) is 9.99. The molecule has 0 radical (unpaired) electrons.